The van der Waals surface area contributed by atoms with Gasteiger partial charge in [0.2, 0.25) is 5.88 Å². The SMILES string of the molecule is Cc1cc2c3c(c1)N(c1c(C)cc(-c4coc5ccccc45)cc1C)c1oc4ccc(C(C)(C)C)cc4c1B3c1cc(C(C)(C)C)ccc1N2c1ccc(C(C)(C)C)cc1. The Hall–Kier alpha value is -5.94. The van der Waals surface area contributed by atoms with E-state index in [1.54, 1.807) is 0 Å². The molecule has 0 aliphatic carbocycles. The monoisotopic (exact) mass is 786 g/mol. The van der Waals surface area contributed by atoms with E-state index in [1.807, 2.05) is 18.4 Å². The van der Waals surface area contributed by atoms with Crippen LogP contribution in [-0.2, 0) is 16.2 Å². The summed E-state index contributed by atoms with van der Waals surface area (Å²) in [5.41, 5.74) is 21.2. The average molecular weight is 787 g/mol. The first-order chi connectivity index (χ1) is 28.4. The van der Waals surface area contributed by atoms with Gasteiger partial charge in [0.15, 0.2) is 0 Å². The maximum absolute atomic E-state index is 7.25. The summed E-state index contributed by atoms with van der Waals surface area (Å²) in [4.78, 5) is 4.98. The van der Waals surface area contributed by atoms with Gasteiger partial charge in [-0.05, 0) is 148 Å². The molecule has 6 aromatic carbocycles. The van der Waals surface area contributed by atoms with E-state index >= 15 is 0 Å². The zero-order chi connectivity index (χ0) is 42.2. The van der Waals surface area contributed by atoms with Crippen LogP contribution in [-0.4, -0.2) is 6.71 Å². The van der Waals surface area contributed by atoms with Crippen LogP contribution in [0.1, 0.15) is 95.7 Å². The van der Waals surface area contributed by atoms with Gasteiger partial charge in [-0.1, -0.05) is 111 Å². The first-order valence-electron chi connectivity index (χ1n) is 21.5. The summed E-state index contributed by atoms with van der Waals surface area (Å²) in [6.45, 7) is 27.4. The highest BCUT2D eigenvalue weighted by Crippen LogP contribution is 2.49. The maximum atomic E-state index is 7.25. The van der Waals surface area contributed by atoms with Crippen LogP contribution in [0.25, 0.3) is 33.1 Å². The molecule has 2 aliphatic heterocycles. The van der Waals surface area contributed by atoms with Crippen molar-refractivity contribution in [1.82, 2.24) is 0 Å². The van der Waals surface area contributed by atoms with E-state index in [0.29, 0.717) is 0 Å². The third kappa shape index (κ3) is 5.87. The van der Waals surface area contributed by atoms with Crippen molar-refractivity contribution in [3.8, 4) is 11.1 Å². The van der Waals surface area contributed by atoms with Crippen LogP contribution in [0, 0.1) is 20.8 Å². The fraction of sp³-hybridized carbons (Fsp3) is 0.273. The fourth-order valence-electron chi connectivity index (χ4n) is 9.87. The van der Waals surface area contributed by atoms with Gasteiger partial charge in [0.25, 0.3) is 6.71 Å². The van der Waals surface area contributed by atoms with E-state index in [1.165, 1.54) is 66.5 Å². The molecule has 0 spiro atoms. The lowest BCUT2D eigenvalue weighted by Crippen LogP contribution is -2.61. The van der Waals surface area contributed by atoms with E-state index in [-0.39, 0.29) is 23.0 Å². The zero-order valence-electron chi connectivity index (χ0n) is 37.3. The number of anilines is 6. The van der Waals surface area contributed by atoms with Gasteiger partial charge in [0.05, 0.1) is 12.0 Å². The van der Waals surface area contributed by atoms with Gasteiger partial charge in [-0.2, -0.15) is 0 Å². The van der Waals surface area contributed by atoms with Crippen molar-refractivity contribution in [1.29, 1.82) is 0 Å². The second-order valence-electron chi connectivity index (χ2n) is 20.5. The standard InChI is InChI=1S/C55H55BN2O2/c1-32-25-45-50-46(26-32)58(51-33(2)27-35(28-34(51)3)42-31-59-47-16-14-13-15-40(42)47)52-49(41-29-37(54(7,8)9)20-24-48(41)60-52)56(50)43-30-38(55(10,11)12)19-23-44(43)57(45)39-21-17-36(18-22-39)53(4,5)6/h13-31H,1-12H3. The van der Waals surface area contributed by atoms with Crippen molar-refractivity contribution >= 4 is 79.4 Å². The van der Waals surface area contributed by atoms with Gasteiger partial charge < -0.3 is 13.7 Å². The van der Waals surface area contributed by atoms with E-state index in [9.17, 15) is 0 Å². The van der Waals surface area contributed by atoms with Gasteiger partial charge in [-0.25, -0.2) is 0 Å². The Morgan fingerprint density at radius 3 is 1.78 bits per heavy atom. The molecule has 8 aromatic rings. The van der Waals surface area contributed by atoms with Crippen molar-refractivity contribution in [2.75, 3.05) is 9.80 Å². The highest BCUT2D eigenvalue weighted by molar-refractivity contribution is 7.01. The number of hydrogen-bond donors (Lipinski definition) is 0. The Labute approximate surface area is 355 Å². The van der Waals surface area contributed by atoms with Gasteiger partial charge >= 0.3 is 0 Å². The Bertz CT molecular complexity index is 3010. The second-order valence-corrected chi connectivity index (χ2v) is 20.5. The number of nitrogens with zero attached hydrogens (tertiary/aromatic N) is 2. The summed E-state index contributed by atoms with van der Waals surface area (Å²) >= 11 is 0. The van der Waals surface area contributed by atoms with Crippen LogP contribution >= 0.6 is 0 Å². The predicted octanol–water partition coefficient (Wildman–Crippen LogP) is 13.7. The lowest BCUT2D eigenvalue weighted by Gasteiger charge is -2.43. The molecule has 0 fully saturated rings. The highest BCUT2D eigenvalue weighted by Gasteiger charge is 2.47. The largest absolute Gasteiger partial charge is 0.464 e. The maximum Gasteiger partial charge on any atom is 0.257 e. The van der Waals surface area contributed by atoms with Crippen molar-refractivity contribution in [3.63, 3.8) is 0 Å². The number of hydrogen-bond acceptors (Lipinski definition) is 4. The molecule has 300 valence electrons. The number of aryl methyl sites for hydroxylation is 3. The molecular weight excluding hydrogens is 731 g/mol. The molecule has 0 N–H and O–H groups in total. The molecule has 0 unspecified atom stereocenters. The molecule has 0 radical (unpaired) electrons. The normalized spacial score (nSPS) is 13.9. The summed E-state index contributed by atoms with van der Waals surface area (Å²) < 4.78 is 13.3. The lowest BCUT2D eigenvalue weighted by molar-refractivity contribution is 0.589. The molecule has 0 amide bonds. The van der Waals surface area contributed by atoms with Gasteiger partial charge in [-0.3, -0.25) is 4.90 Å². The minimum Gasteiger partial charge on any atom is -0.464 e. The molecule has 0 bridgehead atoms. The van der Waals surface area contributed by atoms with Crippen LogP contribution in [0.2, 0.25) is 0 Å². The van der Waals surface area contributed by atoms with E-state index < -0.39 is 0 Å². The summed E-state index contributed by atoms with van der Waals surface area (Å²) in [5.74, 6) is 0.896. The van der Waals surface area contributed by atoms with Crippen molar-refractivity contribution < 1.29 is 8.83 Å². The molecule has 60 heavy (non-hydrogen) atoms. The minimum atomic E-state index is -0.0575. The number of rotatable bonds is 3. The van der Waals surface area contributed by atoms with Crippen molar-refractivity contribution in [2.24, 2.45) is 0 Å². The summed E-state index contributed by atoms with van der Waals surface area (Å²) in [5, 5.41) is 2.30. The smallest absolute Gasteiger partial charge is 0.257 e. The van der Waals surface area contributed by atoms with Crippen LogP contribution in [0.4, 0.5) is 34.3 Å². The average Bonchev–Trinajstić information content (AvgIpc) is 3.79. The Morgan fingerprint density at radius 1 is 0.517 bits per heavy atom. The van der Waals surface area contributed by atoms with Gasteiger partial charge in [0.1, 0.15) is 11.2 Å². The van der Waals surface area contributed by atoms with Crippen molar-refractivity contribution in [3.05, 3.63) is 149 Å². The van der Waals surface area contributed by atoms with Crippen LogP contribution in [0.3, 0.4) is 0 Å². The third-order valence-corrected chi connectivity index (χ3v) is 13.1. The molecular formula is C55H55BN2O2. The van der Waals surface area contributed by atoms with Crippen LogP contribution < -0.4 is 26.2 Å². The molecule has 10 rings (SSSR count). The quantitative estimate of drug-likeness (QED) is 0.167. The number of fused-ring (bicyclic) bond motifs is 7. The third-order valence-electron chi connectivity index (χ3n) is 13.1. The number of benzene rings is 6. The first-order valence-corrected chi connectivity index (χ1v) is 21.5. The molecule has 2 aliphatic rings. The first kappa shape index (κ1) is 38.3. The Kier molecular flexibility index (Phi) is 8.31. The molecule has 0 atom stereocenters. The Balaban J connectivity index is 1.29. The molecule has 0 saturated carbocycles. The van der Waals surface area contributed by atoms with Crippen LogP contribution in [0.15, 0.2) is 124 Å². The molecule has 4 heterocycles. The molecule has 2 aromatic heterocycles. The Morgan fingerprint density at radius 2 is 1.12 bits per heavy atom. The predicted molar refractivity (Wildman–Crippen MR) is 256 cm³/mol. The number of para-hydroxylation sites is 1. The molecule has 4 nitrogen and oxygen atoms in total. The molecule has 5 heteroatoms. The zero-order valence-corrected chi connectivity index (χ0v) is 37.3. The van der Waals surface area contributed by atoms with Gasteiger partial charge in [0, 0.05) is 44.5 Å². The highest BCUT2D eigenvalue weighted by atomic mass is 16.4. The fourth-order valence-corrected chi connectivity index (χ4v) is 9.87. The van der Waals surface area contributed by atoms with Crippen LogP contribution in [0.5, 0.6) is 0 Å². The summed E-state index contributed by atoms with van der Waals surface area (Å²) in [6.07, 6.45) is 1.90. The molecule has 0 saturated heterocycles. The van der Waals surface area contributed by atoms with Crippen molar-refractivity contribution in [2.45, 2.75) is 99.3 Å². The van der Waals surface area contributed by atoms with E-state index in [4.69, 9.17) is 8.83 Å². The topological polar surface area (TPSA) is 32.8 Å². The van der Waals surface area contributed by atoms with E-state index in [0.717, 1.165) is 50.6 Å². The minimum absolute atomic E-state index is 0.0347. The van der Waals surface area contributed by atoms with Gasteiger partial charge in [-0.15, -0.1) is 0 Å². The van der Waals surface area contributed by atoms with E-state index in [2.05, 4.69) is 190 Å². The summed E-state index contributed by atoms with van der Waals surface area (Å²) in [6, 6.07) is 41.1. The second kappa shape index (κ2) is 13.0. The number of furan rings is 2. The lowest BCUT2D eigenvalue weighted by atomic mass is 9.33. The summed E-state index contributed by atoms with van der Waals surface area (Å²) in [7, 11) is 0.